The molecule has 0 spiro atoms. The maximum absolute atomic E-state index is 12.0. The Morgan fingerprint density at radius 2 is 2.19 bits per heavy atom. The Kier molecular flexibility index (Phi) is 4.29. The highest BCUT2D eigenvalue weighted by molar-refractivity contribution is 5.87. The zero-order valence-electron chi connectivity index (χ0n) is 9.85. The van der Waals surface area contributed by atoms with E-state index in [2.05, 4.69) is 0 Å². The molecule has 16 heavy (non-hydrogen) atoms. The fraction of sp³-hybridized carbons (Fsp3) is 0.818. The monoisotopic (exact) mass is 228 g/mol. The van der Waals surface area contributed by atoms with Gasteiger partial charge < -0.3 is 15.7 Å². The number of carboxylic acids is 1. The van der Waals surface area contributed by atoms with Gasteiger partial charge in [-0.05, 0) is 18.8 Å². The van der Waals surface area contributed by atoms with E-state index in [0.717, 1.165) is 12.8 Å². The van der Waals surface area contributed by atoms with Crippen LogP contribution in [0.1, 0.15) is 33.1 Å². The highest BCUT2D eigenvalue weighted by Gasteiger charge is 2.36. The third-order valence-corrected chi connectivity index (χ3v) is 3.36. The Hall–Kier alpha value is -1.10. The summed E-state index contributed by atoms with van der Waals surface area (Å²) in [6.07, 6.45) is 2.10. The Morgan fingerprint density at radius 3 is 2.69 bits per heavy atom. The van der Waals surface area contributed by atoms with E-state index in [9.17, 15) is 9.59 Å². The van der Waals surface area contributed by atoms with Crippen LogP contribution in [0.3, 0.4) is 0 Å². The second-order valence-electron chi connectivity index (χ2n) is 4.44. The summed E-state index contributed by atoms with van der Waals surface area (Å²) in [5.41, 5.74) is 5.83. The van der Waals surface area contributed by atoms with Crippen molar-refractivity contribution in [2.75, 3.05) is 6.54 Å². The molecule has 5 nitrogen and oxygen atoms in total. The largest absolute Gasteiger partial charge is 0.480 e. The van der Waals surface area contributed by atoms with Crippen molar-refractivity contribution in [1.29, 1.82) is 0 Å². The van der Waals surface area contributed by atoms with Crippen LogP contribution in [0.4, 0.5) is 0 Å². The molecule has 0 aromatic rings. The standard InChI is InChI=1S/C11H20N2O3/c1-3-7(2)9(12)10(14)13-6-4-5-8(13)11(15)16/h7-9H,3-6,12H2,1-2H3,(H,15,16)/t7-,8?,9-/m0/s1. The van der Waals surface area contributed by atoms with Crippen molar-refractivity contribution >= 4 is 11.9 Å². The molecular formula is C11H20N2O3. The molecule has 0 radical (unpaired) electrons. The van der Waals surface area contributed by atoms with Crippen molar-refractivity contribution < 1.29 is 14.7 Å². The van der Waals surface area contributed by atoms with Crippen LogP contribution in [-0.2, 0) is 9.59 Å². The number of nitrogens with two attached hydrogens (primary N) is 1. The zero-order chi connectivity index (χ0) is 12.3. The molecule has 5 heteroatoms. The van der Waals surface area contributed by atoms with Crippen molar-refractivity contribution in [3.63, 3.8) is 0 Å². The van der Waals surface area contributed by atoms with E-state index >= 15 is 0 Å². The Morgan fingerprint density at radius 1 is 1.56 bits per heavy atom. The minimum atomic E-state index is -0.929. The topological polar surface area (TPSA) is 83.6 Å². The Labute approximate surface area is 95.6 Å². The highest BCUT2D eigenvalue weighted by Crippen LogP contribution is 2.20. The summed E-state index contributed by atoms with van der Waals surface area (Å²) in [7, 11) is 0. The molecule has 1 unspecified atom stereocenters. The quantitative estimate of drug-likeness (QED) is 0.731. The minimum absolute atomic E-state index is 0.0857. The van der Waals surface area contributed by atoms with Gasteiger partial charge in [-0.3, -0.25) is 4.79 Å². The SMILES string of the molecule is CC[C@H](C)[C@H](N)C(=O)N1CCCC1C(=O)O. The van der Waals surface area contributed by atoms with Gasteiger partial charge in [0.25, 0.3) is 0 Å². The van der Waals surface area contributed by atoms with E-state index in [1.54, 1.807) is 0 Å². The van der Waals surface area contributed by atoms with E-state index < -0.39 is 18.1 Å². The first-order chi connectivity index (χ1) is 7.49. The van der Waals surface area contributed by atoms with Gasteiger partial charge in [-0.2, -0.15) is 0 Å². The van der Waals surface area contributed by atoms with Gasteiger partial charge in [-0.15, -0.1) is 0 Å². The van der Waals surface area contributed by atoms with E-state index in [1.165, 1.54) is 4.90 Å². The average molecular weight is 228 g/mol. The lowest BCUT2D eigenvalue weighted by atomic mass is 9.98. The minimum Gasteiger partial charge on any atom is -0.480 e. The molecule has 1 amide bonds. The first-order valence-electron chi connectivity index (χ1n) is 5.77. The summed E-state index contributed by atoms with van der Waals surface area (Å²) >= 11 is 0. The Bertz CT molecular complexity index is 280. The summed E-state index contributed by atoms with van der Waals surface area (Å²) < 4.78 is 0. The third-order valence-electron chi connectivity index (χ3n) is 3.36. The smallest absolute Gasteiger partial charge is 0.326 e. The van der Waals surface area contributed by atoms with Crippen LogP contribution in [0, 0.1) is 5.92 Å². The molecule has 3 N–H and O–H groups in total. The maximum atomic E-state index is 12.0. The molecule has 1 aliphatic heterocycles. The van der Waals surface area contributed by atoms with Crippen LogP contribution in [0.5, 0.6) is 0 Å². The van der Waals surface area contributed by atoms with Crippen LogP contribution in [0.15, 0.2) is 0 Å². The number of nitrogens with zero attached hydrogens (tertiary/aromatic N) is 1. The van der Waals surface area contributed by atoms with Gasteiger partial charge in [0.1, 0.15) is 6.04 Å². The van der Waals surface area contributed by atoms with Crippen molar-refractivity contribution in [2.24, 2.45) is 11.7 Å². The summed E-state index contributed by atoms with van der Waals surface area (Å²) in [5, 5.41) is 8.98. The molecule has 92 valence electrons. The molecule has 1 fully saturated rings. The fourth-order valence-electron chi connectivity index (χ4n) is 1.98. The molecule has 0 bridgehead atoms. The summed E-state index contributed by atoms with van der Waals surface area (Å²) in [6, 6.07) is -1.26. The van der Waals surface area contributed by atoms with Gasteiger partial charge in [-0.1, -0.05) is 20.3 Å². The first-order valence-corrected chi connectivity index (χ1v) is 5.77. The van der Waals surface area contributed by atoms with Crippen molar-refractivity contribution in [3.8, 4) is 0 Å². The first kappa shape index (κ1) is 13.0. The summed E-state index contributed by atoms with van der Waals surface area (Å²) in [5.74, 6) is -1.07. The molecule has 1 saturated heterocycles. The van der Waals surface area contributed by atoms with Gasteiger partial charge >= 0.3 is 5.97 Å². The molecule has 0 saturated carbocycles. The molecule has 3 atom stereocenters. The second kappa shape index (κ2) is 5.30. The van der Waals surface area contributed by atoms with Crippen LogP contribution in [0.25, 0.3) is 0 Å². The third kappa shape index (κ3) is 2.52. The van der Waals surface area contributed by atoms with E-state index in [1.807, 2.05) is 13.8 Å². The second-order valence-corrected chi connectivity index (χ2v) is 4.44. The number of rotatable bonds is 4. The van der Waals surface area contributed by atoms with Gasteiger partial charge in [0.15, 0.2) is 0 Å². The van der Waals surface area contributed by atoms with E-state index in [-0.39, 0.29) is 11.8 Å². The van der Waals surface area contributed by atoms with Crippen LogP contribution in [-0.4, -0.2) is 40.5 Å². The molecular weight excluding hydrogens is 208 g/mol. The normalized spacial score (nSPS) is 24.2. The van der Waals surface area contributed by atoms with Gasteiger partial charge in [0, 0.05) is 6.54 Å². The van der Waals surface area contributed by atoms with Gasteiger partial charge in [0.2, 0.25) is 5.91 Å². The number of hydrogen-bond acceptors (Lipinski definition) is 3. The summed E-state index contributed by atoms with van der Waals surface area (Å²) in [4.78, 5) is 24.4. The molecule has 0 aromatic carbocycles. The predicted octanol–water partition coefficient (Wildman–Crippen LogP) is 0.435. The number of aliphatic carboxylic acids is 1. The molecule has 1 rings (SSSR count). The number of carbonyl (C=O) groups excluding carboxylic acids is 1. The van der Waals surface area contributed by atoms with E-state index in [4.69, 9.17) is 10.8 Å². The lowest BCUT2D eigenvalue weighted by Crippen LogP contribution is -2.50. The number of likely N-dealkylation sites (tertiary alicyclic amines) is 1. The lowest BCUT2D eigenvalue weighted by Gasteiger charge is -2.27. The number of hydrogen-bond donors (Lipinski definition) is 2. The van der Waals surface area contributed by atoms with Crippen molar-refractivity contribution in [1.82, 2.24) is 4.90 Å². The van der Waals surface area contributed by atoms with Gasteiger partial charge in [-0.25, -0.2) is 4.79 Å². The molecule has 1 heterocycles. The molecule has 0 aliphatic carbocycles. The highest BCUT2D eigenvalue weighted by atomic mass is 16.4. The molecule has 0 aromatic heterocycles. The lowest BCUT2D eigenvalue weighted by molar-refractivity contribution is -0.149. The summed E-state index contributed by atoms with van der Waals surface area (Å²) in [6.45, 7) is 4.39. The van der Waals surface area contributed by atoms with Crippen molar-refractivity contribution in [3.05, 3.63) is 0 Å². The predicted molar refractivity (Wildman–Crippen MR) is 59.8 cm³/mol. The van der Waals surface area contributed by atoms with Crippen molar-refractivity contribution in [2.45, 2.75) is 45.2 Å². The van der Waals surface area contributed by atoms with Crippen LogP contribution < -0.4 is 5.73 Å². The zero-order valence-corrected chi connectivity index (χ0v) is 9.85. The fourth-order valence-corrected chi connectivity index (χ4v) is 1.98. The average Bonchev–Trinajstić information content (AvgIpc) is 2.74. The number of carbonyl (C=O) groups is 2. The van der Waals surface area contributed by atoms with E-state index in [0.29, 0.717) is 13.0 Å². The Balaban J connectivity index is 2.69. The van der Waals surface area contributed by atoms with Crippen LogP contribution in [0.2, 0.25) is 0 Å². The number of amides is 1. The van der Waals surface area contributed by atoms with Gasteiger partial charge in [0.05, 0.1) is 6.04 Å². The van der Waals surface area contributed by atoms with Crippen LogP contribution >= 0.6 is 0 Å². The maximum Gasteiger partial charge on any atom is 0.326 e. The number of carboxylic acid groups (broad SMARTS) is 1. The molecule has 1 aliphatic rings.